The van der Waals surface area contributed by atoms with Crippen LogP contribution in [0, 0.1) is 0 Å². The van der Waals surface area contributed by atoms with Crippen LogP contribution in [0.3, 0.4) is 0 Å². The zero-order valence-electron chi connectivity index (χ0n) is 14.6. The van der Waals surface area contributed by atoms with Crippen molar-refractivity contribution < 1.29 is 9.32 Å². The second-order valence-electron chi connectivity index (χ2n) is 5.87. The van der Waals surface area contributed by atoms with Gasteiger partial charge in [-0.1, -0.05) is 64.8 Å². The number of nitrogens with zero attached hydrogens (tertiary/aromatic N) is 3. The van der Waals surface area contributed by atoms with Gasteiger partial charge in [0.1, 0.15) is 0 Å². The van der Waals surface area contributed by atoms with E-state index in [1.54, 1.807) is 18.0 Å². The van der Waals surface area contributed by atoms with Crippen molar-refractivity contribution in [3.8, 4) is 11.4 Å². The maximum Gasteiger partial charge on any atom is 0.246 e. The highest BCUT2D eigenvalue weighted by atomic mass is 35.5. The number of aromatic nitrogens is 2. The monoisotopic (exact) mass is 421 g/mol. The van der Waals surface area contributed by atoms with Gasteiger partial charge in [-0.3, -0.25) is 4.79 Å². The van der Waals surface area contributed by atoms with Gasteiger partial charge in [0.05, 0.1) is 22.3 Å². The maximum atomic E-state index is 12.3. The van der Waals surface area contributed by atoms with Gasteiger partial charge in [0.2, 0.25) is 17.6 Å². The molecule has 1 heterocycles. The fourth-order valence-corrected chi connectivity index (χ4v) is 3.54. The fraction of sp³-hybridized carbons (Fsp3) is 0.211. The van der Waals surface area contributed by atoms with Crippen molar-refractivity contribution in [3.63, 3.8) is 0 Å². The molecule has 0 aliphatic carbocycles. The Hall–Kier alpha value is -2.02. The third kappa shape index (κ3) is 5.48. The minimum atomic E-state index is -0.0143. The Morgan fingerprint density at radius 1 is 1.15 bits per heavy atom. The molecule has 1 aromatic heterocycles. The molecule has 0 unspecified atom stereocenters. The van der Waals surface area contributed by atoms with Gasteiger partial charge in [-0.2, -0.15) is 4.98 Å². The molecule has 27 heavy (non-hydrogen) atoms. The number of benzene rings is 2. The Kier molecular flexibility index (Phi) is 6.77. The number of hydrogen-bond acceptors (Lipinski definition) is 5. The highest BCUT2D eigenvalue weighted by Gasteiger charge is 2.15. The van der Waals surface area contributed by atoms with Crippen LogP contribution in [0.5, 0.6) is 0 Å². The van der Waals surface area contributed by atoms with E-state index < -0.39 is 0 Å². The smallest absolute Gasteiger partial charge is 0.246 e. The lowest BCUT2D eigenvalue weighted by Crippen LogP contribution is -2.28. The minimum Gasteiger partial charge on any atom is -0.337 e. The number of hydrogen-bond donors (Lipinski definition) is 0. The number of halogens is 2. The number of carbonyl (C=O) groups is 1. The van der Waals surface area contributed by atoms with Crippen molar-refractivity contribution in [1.29, 1.82) is 0 Å². The quantitative estimate of drug-likeness (QED) is 0.540. The molecule has 0 saturated heterocycles. The molecule has 0 fully saturated rings. The van der Waals surface area contributed by atoms with Crippen molar-refractivity contribution in [2.45, 2.75) is 12.3 Å². The summed E-state index contributed by atoms with van der Waals surface area (Å²) in [5.41, 5.74) is 1.90. The summed E-state index contributed by atoms with van der Waals surface area (Å²) >= 11 is 13.4. The maximum absolute atomic E-state index is 12.3. The third-order valence-corrected chi connectivity index (χ3v) is 5.50. The van der Waals surface area contributed by atoms with E-state index in [4.69, 9.17) is 27.7 Å². The largest absolute Gasteiger partial charge is 0.337 e. The molecule has 8 heteroatoms. The Balaban J connectivity index is 1.49. The molecule has 0 aliphatic heterocycles. The topological polar surface area (TPSA) is 59.2 Å². The van der Waals surface area contributed by atoms with Crippen molar-refractivity contribution >= 4 is 40.9 Å². The predicted octanol–water partition coefficient (Wildman–Crippen LogP) is 4.94. The van der Waals surface area contributed by atoms with Crippen LogP contribution in [0.15, 0.2) is 53.1 Å². The van der Waals surface area contributed by atoms with Gasteiger partial charge in [-0.05, 0) is 17.7 Å². The molecule has 0 bridgehead atoms. The lowest BCUT2D eigenvalue weighted by molar-refractivity contribution is -0.127. The van der Waals surface area contributed by atoms with Gasteiger partial charge in [0.25, 0.3) is 0 Å². The molecular formula is C19H17Cl2N3O2S. The van der Waals surface area contributed by atoms with Crippen LogP contribution in [-0.4, -0.2) is 33.7 Å². The van der Waals surface area contributed by atoms with E-state index >= 15 is 0 Å². The Bertz CT molecular complexity index is 918. The summed E-state index contributed by atoms with van der Waals surface area (Å²) in [6.07, 6.45) is 0. The SMILES string of the molecule is CN(Cc1nc(-c2ccccc2)no1)C(=O)CSCc1ccc(Cl)c(Cl)c1. The standard InChI is InChI=1S/C19H17Cl2N3O2S/c1-24(10-17-22-19(23-26-17)14-5-3-2-4-6-14)18(25)12-27-11-13-7-8-15(20)16(21)9-13/h2-9H,10-12H2,1H3. The summed E-state index contributed by atoms with van der Waals surface area (Å²) in [5.74, 6) is 1.92. The van der Waals surface area contributed by atoms with Gasteiger partial charge < -0.3 is 9.42 Å². The molecule has 0 radical (unpaired) electrons. The number of rotatable bonds is 7. The Morgan fingerprint density at radius 3 is 2.67 bits per heavy atom. The van der Waals surface area contributed by atoms with E-state index in [1.165, 1.54) is 11.8 Å². The van der Waals surface area contributed by atoms with Gasteiger partial charge in [-0.15, -0.1) is 11.8 Å². The Morgan fingerprint density at radius 2 is 1.93 bits per heavy atom. The normalized spacial score (nSPS) is 10.8. The predicted molar refractivity (Wildman–Crippen MR) is 109 cm³/mol. The Labute approximate surface area is 171 Å². The van der Waals surface area contributed by atoms with Crippen LogP contribution in [0.1, 0.15) is 11.5 Å². The summed E-state index contributed by atoms with van der Waals surface area (Å²) in [4.78, 5) is 18.2. The molecule has 3 aromatic rings. The number of thioether (sulfide) groups is 1. The lowest BCUT2D eigenvalue weighted by Gasteiger charge is -2.14. The van der Waals surface area contributed by atoms with Crippen molar-refractivity contribution in [2.75, 3.05) is 12.8 Å². The third-order valence-electron chi connectivity index (χ3n) is 3.78. The lowest BCUT2D eigenvalue weighted by atomic mass is 10.2. The molecule has 3 rings (SSSR count). The minimum absolute atomic E-state index is 0.0143. The summed E-state index contributed by atoms with van der Waals surface area (Å²) in [7, 11) is 1.72. The van der Waals surface area contributed by atoms with Crippen LogP contribution >= 0.6 is 35.0 Å². The summed E-state index contributed by atoms with van der Waals surface area (Å²) in [5, 5.41) is 5.00. The molecular weight excluding hydrogens is 405 g/mol. The van der Waals surface area contributed by atoms with Gasteiger partial charge in [-0.25, -0.2) is 0 Å². The first-order valence-corrected chi connectivity index (χ1v) is 10.1. The zero-order chi connectivity index (χ0) is 19.2. The second kappa shape index (κ2) is 9.26. The first kappa shape index (κ1) is 19.7. The molecule has 0 saturated carbocycles. The van der Waals surface area contributed by atoms with Gasteiger partial charge in [0.15, 0.2) is 0 Å². The molecule has 0 aliphatic rings. The average molecular weight is 422 g/mol. The van der Waals surface area contributed by atoms with E-state index in [-0.39, 0.29) is 12.5 Å². The zero-order valence-corrected chi connectivity index (χ0v) is 16.9. The summed E-state index contributed by atoms with van der Waals surface area (Å²) < 4.78 is 5.25. The van der Waals surface area contributed by atoms with Crippen LogP contribution in [0.4, 0.5) is 0 Å². The van der Waals surface area contributed by atoms with Crippen LogP contribution < -0.4 is 0 Å². The summed E-state index contributed by atoms with van der Waals surface area (Å²) in [6.45, 7) is 0.270. The van der Waals surface area contributed by atoms with Crippen LogP contribution in [-0.2, 0) is 17.1 Å². The molecule has 5 nitrogen and oxygen atoms in total. The number of carbonyl (C=O) groups excluding carboxylic acids is 1. The fourth-order valence-electron chi connectivity index (χ4n) is 2.31. The van der Waals surface area contributed by atoms with Crippen molar-refractivity contribution in [1.82, 2.24) is 15.0 Å². The van der Waals surface area contributed by atoms with E-state index in [2.05, 4.69) is 10.1 Å². The van der Waals surface area contributed by atoms with Gasteiger partial charge >= 0.3 is 0 Å². The molecule has 1 amide bonds. The van der Waals surface area contributed by atoms with E-state index in [0.29, 0.717) is 33.3 Å². The molecule has 0 atom stereocenters. The highest BCUT2D eigenvalue weighted by molar-refractivity contribution is 7.99. The molecule has 0 spiro atoms. The van der Waals surface area contributed by atoms with E-state index in [9.17, 15) is 4.79 Å². The molecule has 0 N–H and O–H groups in total. The first-order valence-electron chi connectivity index (χ1n) is 8.16. The number of amides is 1. The van der Waals surface area contributed by atoms with Crippen LogP contribution in [0.2, 0.25) is 10.0 Å². The van der Waals surface area contributed by atoms with E-state index in [0.717, 1.165) is 11.1 Å². The molecule has 2 aromatic carbocycles. The van der Waals surface area contributed by atoms with Gasteiger partial charge in [0, 0.05) is 18.4 Å². The first-order chi connectivity index (χ1) is 13.0. The van der Waals surface area contributed by atoms with Crippen molar-refractivity contribution in [2.24, 2.45) is 0 Å². The second-order valence-corrected chi connectivity index (χ2v) is 7.67. The van der Waals surface area contributed by atoms with E-state index in [1.807, 2.05) is 42.5 Å². The van der Waals surface area contributed by atoms with Crippen molar-refractivity contribution in [3.05, 3.63) is 70.0 Å². The van der Waals surface area contributed by atoms with Crippen LogP contribution in [0.25, 0.3) is 11.4 Å². The highest BCUT2D eigenvalue weighted by Crippen LogP contribution is 2.24. The molecule has 140 valence electrons. The average Bonchev–Trinajstić information content (AvgIpc) is 3.13. The summed E-state index contributed by atoms with van der Waals surface area (Å²) in [6, 6.07) is 15.0.